The third-order valence-electron chi connectivity index (χ3n) is 4.87. The van der Waals surface area contributed by atoms with Crippen LogP contribution in [0.15, 0.2) is 89.9 Å². The van der Waals surface area contributed by atoms with Crippen LogP contribution in [0.4, 0.5) is 10.5 Å². The zero-order valence-electron chi connectivity index (χ0n) is 14.0. The van der Waals surface area contributed by atoms with Crippen LogP contribution in [-0.2, 0) is 17.0 Å². The number of aliphatic imine (C=N–C) groups is 1. The van der Waals surface area contributed by atoms with E-state index in [0.717, 1.165) is 28.1 Å². The number of cyclic esters (lactones) is 1. The molecule has 126 valence electrons. The predicted molar refractivity (Wildman–Crippen MR) is 100 cm³/mol. The Balaban J connectivity index is 1.69. The van der Waals surface area contributed by atoms with Crippen LogP contribution in [0.3, 0.4) is 0 Å². The number of benzene rings is 3. The molecule has 4 nitrogen and oxygen atoms in total. The largest absolute Gasteiger partial charge is 0.444 e. The molecule has 1 unspecified atom stereocenters. The first-order valence-electron chi connectivity index (χ1n) is 8.57. The standard InChI is InChI=1S/C22H16N2O2/c25-21-24(19-14-8-7-11-17(19)15-26-21)22(18-12-5-2-6-13-18)20(23-22)16-9-3-1-4-10-16/h1-14H,15H2. The van der Waals surface area contributed by atoms with Crippen LogP contribution in [0.25, 0.3) is 0 Å². The van der Waals surface area contributed by atoms with E-state index >= 15 is 0 Å². The van der Waals surface area contributed by atoms with Crippen LogP contribution < -0.4 is 4.90 Å². The molecule has 0 saturated heterocycles. The summed E-state index contributed by atoms with van der Waals surface area (Å²) in [6.45, 7) is 0.289. The maximum absolute atomic E-state index is 12.8. The van der Waals surface area contributed by atoms with Gasteiger partial charge in [-0.25, -0.2) is 14.7 Å². The van der Waals surface area contributed by atoms with Gasteiger partial charge in [0, 0.05) is 16.7 Å². The van der Waals surface area contributed by atoms with Crippen LogP contribution >= 0.6 is 0 Å². The molecule has 3 aromatic rings. The van der Waals surface area contributed by atoms with E-state index in [9.17, 15) is 4.79 Å². The molecule has 5 rings (SSSR count). The average Bonchev–Trinajstić information content (AvgIpc) is 3.46. The molecule has 0 aliphatic carbocycles. The number of carbonyl (C=O) groups excluding carboxylic acids is 1. The summed E-state index contributed by atoms with van der Waals surface area (Å²) >= 11 is 0. The second-order valence-electron chi connectivity index (χ2n) is 6.38. The van der Waals surface area contributed by atoms with Gasteiger partial charge in [-0.2, -0.15) is 0 Å². The van der Waals surface area contributed by atoms with Crippen molar-refractivity contribution in [1.82, 2.24) is 0 Å². The van der Waals surface area contributed by atoms with Crippen molar-refractivity contribution in [3.05, 3.63) is 102 Å². The van der Waals surface area contributed by atoms with Gasteiger partial charge in [-0.05, 0) is 6.07 Å². The van der Waals surface area contributed by atoms with Crippen molar-refractivity contribution in [2.45, 2.75) is 12.3 Å². The van der Waals surface area contributed by atoms with Gasteiger partial charge in [0.2, 0.25) is 5.66 Å². The summed E-state index contributed by atoms with van der Waals surface area (Å²) in [5, 5.41) is 0. The minimum atomic E-state index is -0.851. The summed E-state index contributed by atoms with van der Waals surface area (Å²) < 4.78 is 5.46. The molecular formula is C22H16N2O2. The van der Waals surface area contributed by atoms with Gasteiger partial charge < -0.3 is 4.74 Å². The molecule has 0 aromatic heterocycles. The normalized spacial score (nSPS) is 20.8. The highest BCUT2D eigenvalue weighted by molar-refractivity contribution is 6.22. The molecule has 26 heavy (non-hydrogen) atoms. The van der Waals surface area contributed by atoms with E-state index in [-0.39, 0.29) is 12.7 Å². The third kappa shape index (κ3) is 2.09. The molecule has 2 heterocycles. The van der Waals surface area contributed by atoms with Crippen molar-refractivity contribution in [3.8, 4) is 0 Å². The Morgan fingerprint density at radius 2 is 1.50 bits per heavy atom. The molecule has 1 atom stereocenters. The fourth-order valence-corrected chi connectivity index (χ4v) is 3.61. The first kappa shape index (κ1) is 14.9. The summed E-state index contributed by atoms with van der Waals surface area (Å²) in [5.74, 6) is 0. The van der Waals surface area contributed by atoms with Gasteiger partial charge in [-0.15, -0.1) is 0 Å². The van der Waals surface area contributed by atoms with Gasteiger partial charge in [0.15, 0.2) is 0 Å². The van der Waals surface area contributed by atoms with Crippen molar-refractivity contribution in [2.75, 3.05) is 4.90 Å². The van der Waals surface area contributed by atoms with E-state index in [1.165, 1.54) is 0 Å². The fourth-order valence-electron chi connectivity index (χ4n) is 3.61. The summed E-state index contributed by atoms with van der Waals surface area (Å²) in [6, 6.07) is 27.7. The lowest BCUT2D eigenvalue weighted by Gasteiger charge is -2.35. The van der Waals surface area contributed by atoms with Gasteiger partial charge in [0.1, 0.15) is 6.61 Å². The minimum Gasteiger partial charge on any atom is -0.444 e. The molecule has 0 bridgehead atoms. The number of nitrogens with zero attached hydrogens (tertiary/aromatic N) is 2. The second-order valence-corrected chi connectivity index (χ2v) is 6.38. The number of rotatable bonds is 3. The maximum atomic E-state index is 12.8. The van der Waals surface area contributed by atoms with E-state index in [1.807, 2.05) is 84.9 Å². The Bertz CT molecular complexity index is 1010. The highest BCUT2D eigenvalue weighted by Crippen LogP contribution is 2.49. The Labute approximate surface area is 151 Å². The van der Waals surface area contributed by atoms with Crippen LogP contribution in [0.2, 0.25) is 0 Å². The quantitative estimate of drug-likeness (QED) is 0.704. The van der Waals surface area contributed by atoms with Gasteiger partial charge in [-0.1, -0.05) is 78.9 Å². The topological polar surface area (TPSA) is 41.9 Å². The number of anilines is 1. The van der Waals surface area contributed by atoms with E-state index in [1.54, 1.807) is 4.90 Å². The smallest absolute Gasteiger partial charge is 0.417 e. The summed E-state index contributed by atoms with van der Waals surface area (Å²) in [4.78, 5) is 19.3. The number of ether oxygens (including phenoxy) is 1. The lowest BCUT2D eigenvalue weighted by atomic mass is 9.95. The van der Waals surface area contributed by atoms with Crippen LogP contribution in [0, 0.1) is 0 Å². The molecule has 4 heteroatoms. The van der Waals surface area contributed by atoms with Gasteiger partial charge in [0.25, 0.3) is 0 Å². The minimum absolute atomic E-state index is 0.289. The SMILES string of the molecule is O=C1OCc2ccccc2N1C1(c2ccccc2)N=C1c1ccccc1. The van der Waals surface area contributed by atoms with E-state index in [4.69, 9.17) is 9.73 Å². The van der Waals surface area contributed by atoms with Gasteiger partial charge >= 0.3 is 6.09 Å². The first-order valence-corrected chi connectivity index (χ1v) is 8.57. The van der Waals surface area contributed by atoms with E-state index in [2.05, 4.69) is 0 Å². The van der Waals surface area contributed by atoms with E-state index < -0.39 is 5.66 Å². The Kier molecular flexibility index (Phi) is 3.19. The zero-order chi connectivity index (χ0) is 17.6. The van der Waals surface area contributed by atoms with Crippen molar-refractivity contribution >= 4 is 17.5 Å². The van der Waals surface area contributed by atoms with Gasteiger partial charge in [0.05, 0.1) is 11.4 Å². The van der Waals surface area contributed by atoms with Crippen LogP contribution in [-0.4, -0.2) is 11.8 Å². The summed E-state index contributed by atoms with van der Waals surface area (Å²) in [6.07, 6.45) is -0.373. The molecule has 3 aromatic carbocycles. The molecule has 0 fully saturated rings. The lowest BCUT2D eigenvalue weighted by Crippen LogP contribution is -2.47. The van der Waals surface area contributed by atoms with Crippen molar-refractivity contribution < 1.29 is 9.53 Å². The molecule has 2 aliphatic heterocycles. The van der Waals surface area contributed by atoms with Crippen molar-refractivity contribution in [2.24, 2.45) is 4.99 Å². The monoisotopic (exact) mass is 340 g/mol. The number of para-hydroxylation sites is 1. The fraction of sp³-hybridized carbons (Fsp3) is 0.0909. The molecule has 1 amide bonds. The molecule has 2 aliphatic rings. The van der Waals surface area contributed by atoms with Crippen LogP contribution in [0.1, 0.15) is 16.7 Å². The van der Waals surface area contributed by atoms with Crippen molar-refractivity contribution in [3.63, 3.8) is 0 Å². The molecule has 0 radical (unpaired) electrons. The summed E-state index contributed by atoms with van der Waals surface area (Å²) in [5.41, 5.74) is 3.81. The number of fused-ring (bicyclic) bond motifs is 1. The van der Waals surface area contributed by atoms with Crippen molar-refractivity contribution in [1.29, 1.82) is 0 Å². The van der Waals surface area contributed by atoms with Crippen LogP contribution in [0.5, 0.6) is 0 Å². The van der Waals surface area contributed by atoms with E-state index in [0.29, 0.717) is 0 Å². The molecule has 0 saturated carbocycles. The van der Waals surface area contributed by atoms with Gasteiger partial charge in [-0.3, -0.25) is 0 Å². The highest BCUT2D eigenvalue weighted by atomic mass is 16.6. The predicted octanol–water partition coefficient (Wildman–Crippen LogP) is 4.50. The average molecular weight is 340 g/mol. The molecular weight excluding hydrogens is 324 g/mol. The Morgan fingerprint density at radius 1 is 0.846 bits per heavy atom. The number of carbonyl (C=O) groups is 1. The Morgan fingerprint density at radius 3 is 2.27 bits per heavy atom. The number of hydrogen-bond donors (Lipinski definition) is 0. The second kappa shape index (κ2) is 5.56. The lowest BCUT2D eigenvalue weighted by molar-refractivity contribution is 0.138. The maximum Gasteiger partial charge on any atom is 0.417 e. The highest BCUT2D eigenvalue weighted by Gasteiger charge is 2.58. The molecule has 0 N–H and O–H groups in total. The zero-order valence-corrected chi connectivity index (χ0v) is 14.0. The first-order chi connectivity index (χ1) is 12.8. The molecule has 0 spiro atoms. The Hall–Kier alpha value is -3.40. The summed E-state index contributed by atoms with van der Waals surface area (Å²) in [7, 11) is 0. The number of hydrogen-bond acceptors (Lipinski definition) is 3. The number of amides is 1. The third-order valence-corrected chi connectivity index (χ3v) is 4.87.